The number of carbonyl (C=O) groups is 1. The predicted molar refractivity (Wildman–Crippen MR) is 119 cm³/mol. The number of alkyl halides is 3. The lowest BCUT2D eigenvalue weighted by Crippen LogP contribution is -2.36. The van der Waals surface area contributed by atoms with Crippen molar-refractivity contribution in [2.45, 2.75) is 83.5 Å². The Hall–Kier alpha value is -2.39. The van der Waals surface area contributed by atoms with E-state index in [0.717, 1.165) is 44.2 Å². The number of amides is 1. The molecule has 1 aromatic heterocycles. The fourth-order valence-electron chi connectivity index (χ4n) is 4.80. The average molecular weight is 483 g/mol. The van der Waals surface area contributed by atoms with E-state index < -0.39 is 29.4 Å². The number of benzene rings is 1. The lowest BCUT2D eigenvalue weighted by atomic mass is 9.95. The van der Waals surface area contributed by atoms with Gasteiger partial charge in [-0.2, -0.15) is 13.2 Å². The summed E-state index contributed by atoms with van der Waals surface area (Å²) in [5.41, 5.74) is -0.121. The maximum atomic E-state index is 14.8. The van der Waals surface area contributed by atoms with E-state index in [2.05, 4.69) is 5.32 Å². The summed E-state index contributed by atoms with van der Waals surface area (Å²) in [6.07, 6.45) is -0.0153. The van der Waals surface area contributed by atoms with Crippen molar-refractivity contribution < 1.29 is 31.8 Å². The number of nitrogens with zero attached hydrogens (tertiary/aromatic N) is 1. The van der Waals surface area contributed by atoms with Gasteiger partial charge >= 0.3 is 6.18 Å². The highest BCUT2D eigenvalue weighted by Gasteiger charge is 2.35. The number of halogens is 4. The molecular weight excluding hydrogens is 452 g/mol. The van der Waals surface area contributed by atoms with Gasteiger partial charge in [-0.3, -0.25) is 4.79 Å². The molecule has 1 aromatic carbocycles. The topological polar surface area (TPSA) is 52.5 Å². The van der Waals surface area contributed by atoms with Gasteiger partial charge in [0.05, 0.1) is 30.0 Å². The first-order chi connectivity index (χ1) is 15.9. The second-order valence-corrected chi connectivity index (χ2v) is 9.59. The summed E-state index contributed by atoms with van der Waals surface area (Å²) in [4.78, 5) is 13.1. The van der Waals surface area contributed by atoms with Crippen molar-refractivity contribution in [3.05, 3.63) is 46.9 Å². The second-order valence-electron chi connectivity index (χ2n) is 9.59. The first-order valence-electron chi connectivity index (χ1n) is 11.6. The minimum atomic E-state index is -4.62. The van der Waals surface area contributed by atoms with Crippen LogP contribution in [0.1, 0.15) is 67.6 Å². The number of carbonyl (C=O) groups excluding carboxylic acids is 1. The summed E-state index contributed by atoms with van der Waals surface area (Å²) in [5.74, 6) is -1.90. The quantitative estimate of drug-likeness (QED) is 0.545. The van der Waals surface area contributed by atoms with Gasteiger partial charge < -0.3 is 19.4 Å². The Morgan fingerprint density at radius 3 is 2.50 bits per heavy atom. The van der Waals surface area contributed by atoms with Crippen LogP contribution in [0.2, 0.25) is 0 Å². The van der Waals surface area contributed by atoms with Gasteiger partial charge in [0.2, 0.25) is 0 Å². The molecule has 1 saturated carbocycles. The van der Waals surface area contributed by atoms with Crippen LogP contribution in [0.5, 0.6) is 0 Å². The van der Waals surface area contributed by atoms with Crippen LogP contribution in [0.4, 0.5) is 17.6 Å². The van der Waals surface area contributed by atoms with E-state index >= 15 is 0 Å². The molecule has 1 unspecified atom stereocenters. The first-order valence-corrected chi connectivity index (χ1v) is 11.6. The molecule has 1 amide bonds. The molecule has 1 N–H and O–H groups in total. The third-order valence-corrected chi connectivity index (χ3v) is 6.57. The van der Waals surface area contributed by atoms with Crippen LogP contribution in [0, 0.1) is 12.7 Å². The van der Waals surface area contributed by atoms with E-state index in [0.29, 0.717) is 17.3 Å². The number of nitrogens with one attached hydrogen (secondary N) is 1. The number of rotatable bonds is 5. The molecule has 5 nitrogen and oxygen atoms in total. The zero-order valence-electron chi connectivity index (χ0n) is 19.6. The fraction of sp³-hybridized carbons (Fsp3) is 0.560. The van der Waals surface area contributed by atoms with E-state index in [9.17, 15) is 22.4 Å². The van der Waals surface area contributed by atoms with E-state index in [-0.39, 0.29) is 36.4 Å². The van der Waals surface area contributed by atoms with Gasteiger partial charge in [0, 0.05) is 17.3 Å². The van der Waals surface area contributed by atoms with Gasteiger partial charge in [0.25, 0.3) is 5.91 Å². The van der Waals surface area contributed by atoms with Gasteiger partial charge in [-0.25, -0.2) is 4.39 Å². The summed E-state index contributed by atoms with van der Waals surface area (Å²) in [6.45, 7) is 5.74. The molecule has 186 valence electrons. The smallest absolute Gasteiger partial charge is 0.349 e. The van der Waals surface area contributed by atoms with Crippen LogP contribution in [0.25, 0.3) is 11.3 Å². The van der Waals surface area contributed by atoms with Crippen LogP contribution in [-0.4, -0.2) is 35.0 Å². The predicted octanol–water partition coefficient (Wildman–Crippen LogP) is 5.84. The van der Waals surface area contributed by atoms with Gasteiger partial charge in [-0.15, -0.1) is 0 Å². The van der Waals surface area contributed by atoms with E-state index in [1.54, 1.807) is 25.3 Å². The molecule has 1 atom stereocenters. The zero-order valence-corrected chi connectivity index (χ0v) is 19.6. The summed E-state index contributed by atoms with van der Waals surface area (Å²) in [7, 11) is 0. The van der Waals surface area contributed by atoms with Crippen LogP contribution < -0.4 is 5.32 Å². The molecule has 2 aromatic rings. The standard InChI is InChI=1S/C25H30F4N2O3/c1-15-19(23(32)30-17-7-5-4-6-8-17)12-22(31(15)13-18-14-33-24(2,3)34-18)20-11-16(25(27,28)29)9-10-21(20)26/h9-12,17-18H,4-8,13-14H2,1-3H3,(H,30,32). The average Bonchev–Trinajstić information content (AvgIpc) is 3.27. The Kier molecular flexibility index (Phi) is 6.79. The first kappa shape index (κ1) is 24.7. The van der Waals surface area contributed by atoms with Crippen LogP contribution in [-0.2, 0) is 22.2 Å². The summed E-state index contributed by atoms with van der Waals surface area (Å²) >= 11 is 0. The molecule has 2 aliphatic rings. The van der Waals surface area contributed by atoms with Crippen molar-refractivity contribution in [1.29, 1.82) is 0 Å². The van der Waals surface area contributed by atoms with Crippen molar-refractivity contribution in [2.75, 3.05) is 6.61 Å². The van der Waals surface area contributed by atoms with Crippen molar-refractivity contribution in [3.63, 3.8) is 0 Å². The Labute approximate surface area is 196 Å². The normalized spacial score (nSPS) is 21.1. The number of aromatic nitrogens is 1. The third-order valence-electron chi connectivity index (χ3n) is 6.57. The van der Waals surface area contributed by atoms with E-state index in [1.165, 1.54) is 6.07 Å². The Morgan fingerprint density at radius 1 is 1.18 bits per heavy atom. The third kappa shape index (κ3) is 5.30. The molecule has 1 aliphatic carbocycles. The zero-order chi connectivity index (χ0) is 24.7. The summed E-state index contributed by atoms with van der Waals surface area (Å²) in [5, 5.41) is 3.04. The highest BCUT2D eigenvalue weighted by molar-refractivity contribution is 5.97. The molecule has 0 spiro atoms. The number of ether oxygens (including phenoxy) is 2. The highest BCUT2D eigenvalue weighted by Crippen LogP contribution is 2.36. The summed E-state index contributed by atoms with van der Waals surface area (Å²) in [6, 6.07) is 3.86. The Morgan fingerprint density at radius 2 is 1.88 bits per heavy atom. The van der Waals surface area contributed by atoms with Crippen LogP contribution in [0.15, 0.2) is 24.3 Å². The number of hydrogen-bond acceptors (Lipinski definition) is 3. The largest absolute Gasteiger partial charge is 0.416 e. The minimum absolute atomic E-state index is 0.0603. The van der Waals surface area contributed by atoms with Gasteiger partial charge in [-0.1, -0.05) is 19.3 Å². The molecule has 1 saturated heterocycles. The molecule has 4 rings (SSSR count). The Bertz CT molecular complexity index is 1060. The summed E-state index contributed by atoms with van der Waals surface area (Å²) < 4.78 is 68.1. The van der Waals surface area contributed by atoms with Crippen LogP contribution in [0.3, 0.4) is 0 Å². The van der Waals surface area contributed by atoms with Gasteiger partial charge in [0.1, 0.15) is 11.9 Å². The van der Waals surface area contributed by atoms with E-state index in [4.69, 9.17) is 9.47 Å². The van der Waals surface area contributed by atoms with Crippen LogP contribution >= 0.6 is 0 Å². The molecule has 0 bridgehead atoms. The monoisotopic (exact) mass is 482 g/mol. The van der Waals surface area contributed by atoms with Gasteiger partial charge in [-0.05, 0) is 57.9 Å². The molecule has 9 heteroatoms. The minimum Gasteiger partial charge on any atom is -0.349 e. The maximum Gasteiger partial charge on any atom is 0.416 e. The molecular formula is C25H30F4N2O3. The Balaban J connectivity index is 1.73. The second kappa shape index (κ2) is 9.34. The van der Waals surface area contributed by atoms with E-state index in [1.807, 2.05) is 0 Å². The van der Waals surface area contributed by atoms with Crippen molar-refractivity contribution in [3.8, 4) is 11.3 Å². The van der Waals surface area contributed by atoms with Gasteiger partial charge in [0.15, 0.2) is 5.79 Å². The SMILES string of the molecule is Cc1c(C(=O)NC2CCCCC2)cc(-c2cc(C(F)(F)F)ccc2F)n1CC1COC(C)(C)O1. The lowest BCUT2D eigenvalue weighted by Gasteiger charge is -2.23. The van der Waals surface area contributed by atoms with Crippen molar-refractivity contribution in [1.82, 2.24) is 9.88 Å². The molecule has 2 fully saturated rings. The highest BCUT2D eigenvalue weighted by atomic mass is 19.4. The molecule has 34 heavy (non-hydrogen) atoms. The maximum absolute atomic E-state index is 14.8. The molecule has 2 heterocycles. The number of hydrogen-bond donors (Lipinski definition) is 1. The molecule has 0 radical (unpaired) electrons. The van der Waals surface area contributed by atoms with Crippen molar-refractivity contribution >= 4 is 5.91 Å². The molecule has 1 aliphatic heterocycles. The van der Waals surface area contributed by atoms with Crippen molar-refractivity contribution in [2.24, 2.45) is 0 Å². The lowest BCUT2D eigenvalue weighted by molar-refractivity contribution is -0.139. The fourth-order valence-corrected chi connectivity index (χ4v) is 4.80.